The average Bonchev–Trinajstić information content (AvgIpc) is 2.50. The summed E-state index contributed by atoms with van der Waals surface area (Å²) in [6, 6.07) is 5.10. The molecule has 0 bridgehead atoms. The fraction of sp³-hybridized carbons (Fsp3) is 0.667. The molecule has 0 aliphatic carbocycles. The van der Waals surface area contributed by atoms with E-state index in [1.54, 1.807) is 0 Å². The van der Waals surface area contributed by atoms with Crippen molar-refractivity contribution >= 4 is 11.3 Å². The summed E-state index contributed by atoms with van der Waals surface area (Å²) in [6.45, 7) is 7.72. The van der Waals surface area contributed by atoms with Gasteiger partial charge in [0.25, 0.3) is 0 Å². The van der Waals surface area contributed by atoms with E-state index in [-0.39, 0.29) is 0 Å². The smallest absolute Gasteiger partial charge is 0.00480 e. The molecule has 2 heteroatoms. The molecule has 0 spiro atoms. The fourth-order valence-electron chi connectivity index (χ4n) is 1.43. The second-order valence-electron chi connectivity index (χ2n) is 4.08. The number of unbranched alkanes of at least 4 members (excludes halogenated alkanes) is 1. The number of nitrogens with one attached hydrogen (secondary N) is 1. The van der Waals surface area contributed by atoms with Gasteiger partial charge in [0.05, 0.1) is 0 Å². The zero-order chi connectivity index (χ0) is 10.4. The largest absolute Gasteiger partial charge is 0.315 e. The van der Waals surface area contributed by atoms with E-state index in [0.29, 0.717) is 6.04 Å². The minimum absolute atomic E-state index is 0.624. The van der Waals surface area contributed by atoms with Gasteiger partial charge in [-0.2, -0.15) is 0 Å². The van der Waals surface area contributed by atoms with Crippen molar-refractivity contribution in [1.82, 2.24) is 5.32 Å². The monoisotopic (exact) mass is 211 g/mol. The lowest BCUT2D eigenvalue weighted by atomic mass is 10.2. The molecule has 1 nitrogen and oxygen atoms in total. The lowest BCUT2D eigenvalue weighted by Gasteiger charge is -2.06. The Kier molecular flexibility index (Phi) is 5.20. The lowest BCUT2D eigenvalue weighted by molar-refractivity contribution is 0.558. The molecular weight excluding hydrogens is 190 g/mol. The van der Waals surface area contributed by atoms with Crippen LogP contribution in [0.3, 0.4) is 0 Å². The first-order valence-corrected chi connectivity index (χ1v) is 6.29. The molecule has 1 aromatic heterocycles. The Bertz CT molecular complexity index is 253. The van der Waals surface area contributed by atoms with Crippen molar-refractivity contribution in [2.45, 2.75) is 46.1 Å². The Balaban J connectivity index is 2.04. The van der Waals surface area contributed by atoms with Crippen LogP contribution in [0.4, 0.5) is 0 Å². The van der Waals surface area contributed by atoms with E-state index in [0.717, 1.165) is 6.54 Å². The summed E-state index contributed by atoms with van der Waals surface area (Å²) in [5.41, 5.74) is 0. The molecule has 0 aliphatic heterocycles. The van der Waals surface area contributed by atoms with Gasteiger partial charge in [0.15, 0.2) is 0 Å². The number of hydrogen-bond acceptors (Lipinski definition) is 2. The molecule has 0 unspecified atom stereocenters. The third-order valence-electron chi connectivity index (χ3n) is 2.20. The van der Waals surface area contributed by atoms with Gasteiger partial charge in [0, 0.05) is 15.8 Å². The van der Waals surface area contributed by atoms with Gasteiger partial charge in [-0.15, -0.1) is 11.3 Å². The molecule has 0 aliphatic rings. The molecule has 0 aromatic carbocycles. The van der Waals surface area contributed by atoms with Gasteiger partial charge in [-0.3, -0.25) is 0 Å². The zero-order valence-corrected chi connectivity index (χ0v) is 10.3. The van der Waals surface area contributed by atoms with Gasteiger partial charge in [-0.1, -0.05) is 13.8 Å². The standard InChI is InChI=1S/C12H21NS/c1-10(2)13-9-5-4-6-12-8-7-11(3)14-12/h7-8,10,13H,4-6,9H2,1-3H3. The normalized spacial score (nSPS) is 11.1. The van der Waals surface area contributed by atoms with E-state index in [4.69, 9.17) is 0 Å². The van der Waals surface area contributed by atoms with Crippen LogP contribution in [0.5, 0.6) is 0 Å². The maximum Gasteiger partial charge on any atom is 0.00480 e. The highest BCUT2D eigenvalue weighted by molar-refractivity contribution is 7.11. The molecule has 1 heterocycles. The molecule has 0 atom stereocenters. The highest BCUT2D eigenvalue weighted by atomic mass is 32.1. The predicted molar refractivity (Wildman–Crippen MR) is 65.1 cm³/mol. The van der Waals surface area contributed by atoms with E-state index >= 15 is 0 Å². The van der Waals surface area contributed by atoms with Gasteiger partial charge in [-0.05, 0) is 44.9 Å². The Morgan fingerprint density at radius 2 is 2.07 bits per heavy atom. The van der Waals surface area contributed by atoms with Crippen LogP contribution in [0, 0.1) is 6.92 Å². The van der Waals surface area contributed by atoms with Gasteiger partial charge in [0.1, 0.15) is 0 Å². The van der Waals surface area contributed by atoms with E-state index in [2.05, 4.69) is 38.2 Å². The van der Waals surface area contributed by atoms with Crippen LogP contribution in [0.1, 0.15) is 36.4 Å². The van der Waals surface area contributed by atoms with Crippen molar-refractivity contribution in [3.8, 4) is 0 Å². The van der Waals surface area contributed by atoms with Gasteiger partial charge < -0.3 is 5.32 Å². The van der Waals surface area contributed by atoms with Gasteiger partial charge in [-0.25, -0.2) is 0 Å². The van der Waals surface area contributed by atoms with Gasteiger partial charge in [0.2, 0.25) is 0 Å². The van der Waals surface area contributed by atoms with E-state index < -0.39 is 0 Å². The van der Waals surface area contributed by atoms with Crippen LogP contribution in [0.25, 0.3) is 0 Å². The Hall–Kier alpha value is -0.340. The third-order valence-corrected chi connectivity index (χ3v) is 3.26. The van der Waals surface area contributed by atoms with Crippen molar-refractivity contribution < 1.29 is 0 Å². The third kappa shape index (κ3) is 4.77. The highest BCUT2D eigenvalue weighted by Crippen LogP contribution is 2.16. The first-order chi connectivity index (χ1) is 6.68. The molecular formula is C12H21NS. The topological polar surface area (TPSA) is 12.0 Å². The Morgan fingerprint density at radius 3 is 2.64 bits per heavy atom. The number of aryl methyl sites for hydroxylation is 2. The highest BCUT2D eigenvalue weighted by Gasteiger charge is 1.97. The SMILES string of the molecule is Cc1ccc(CCCCNC(C)C)s1. The van der Waals surface area contributed by atoms with Crippen LogP contribution in [0.2, 0.25) is 0 Å². The molecule has 0 amide bonds. The second-order valence-corrected chi connectivity index (χ2v) is 5.45. The minimum Gasteiger partial charge on any atom is -0.315 e. The van der Waals surface area contributed by atoms with Crippen LogP contribution in [-0.4, -0.2) is 12.6 Å². The van der Waals surface area contributed by atoms with Crippen LogP contribution in [0.15, 0.2) is 12.1 Å². The van der Waals surface area contributed by atoms with Crippen molar-refractivity contribution in [3.63, 3.8) is 0 Å². The van der Waals surface area contributed by atoms with Crippen LogP contribution < -0.4 is 5.32 Å². The van der Waals surface area contributed by atoms with Crippen molar-refractivity contribution in [3.05, 3.63) is 21.9 Å². The molecule has 1 N–H and O–H groups in total. The minimum atomic E-state index is 0.624. The molecule has 1 rings (SSSR count). The maximum absolute atomic E-state index is 3.44. The summed E-state index contributed by atoms with van der Waals surface area (Å²) in [7, 11) is 0. The maximum atomic E-state index is 3.44. The Labute approximate surface area is 91.5 Å². The number of thiophene rings is 1. The van der Waals surface area contributed by atoms with E-state index in [1.807, 2.05) is 11.3 Å². The summed E-state index contributed by atoms with van der Waals surface area (Å²) < 4.78 is 0. The number of rotatable bonds is 6. The number of hydrogen-bond donors (Lipinski definition) is 1. The van der Waals surface area contributed by atoms with E-state index in [9.17, 15) is 0 Å². The first-order valence-electron chi connectivity index (χ1n) is 5.47. The summed E-state index contributed by atoms with van der Waals surface area (Å²) in [5, 5.41) is 3.44. The molecule has 0 saturated carbocycles. The van der Waals surface area contributed by atoms with Gasteiger partial charge >= 0.3 is 0 Å². The molecule has 0 radical (unpaired) electrons. The summed E-state index contributed by atoms with van der Waals surface area (Å²) >= 11 is 1.93. The second kappa shape index (κ2) is 6.20. The summed E-state index contributed by atoms with van der Waals surface area (Å²) in [4.78, 5) is 2.97. The molecule has 14 heavy (non-hydrogen) atoms. The quantitative estimate of drug-likeness (QED) is 0.711. The Morgan fingerprint density at radius 1 is 1.29 bits per heavy atom. The first kappa shape index (κ1) is 11.7. The molecule has 0 fully saturated rings. The van der Waals surface area contributed by atoms with Crippen LogP contribution in [-0.2, 0) is 6.42 Å². The van der Waals surface area contributed by atoms with Crippen molar-refractivity contribution in [1.29, 1.82) is 0 Å². The lowest BCUT2D eigenvalue weighted by Crippen LogP contribution is -2.23. The van der Waals surface area contributed by atoms with Crippen LogP contribution >= 0.6 is 11.3 Å². The van der Waals surface area contributed by atoms with Crippen molar-refractivity contribution in [2.24, 2.45) is 0 Å². The van der Waals surface area contributed by atoms with Crippen molar-refractivity contribution in [2.75, 3.05) is 6.54 Å². The zero-order valence-electron chi connectivity index (χ0n) is 9.47. The molecule has 0 saturated heterocycles. The summed E-state index contributed by atoms with van der Waals surface area (Å²) in [6.07, 6.45) is 3.84. The fourth-order valence-corrected chi connectivity index (χ4v) is 2.37. The van der Waals surface area contributed by atoms with E-state index in [1.165, 1.54) is 29.0 Å². The summed E-state index contributed by atoms with van der Waals surface area (Å²) in [5.74, 6) is 0. The molecule has 1 aromatic rings. The predicted octanol–water partition coefficient (Wildman–Crippen LogP) is 3.38. The molecule has 80 valence electrons. The average molecular weight is 211 g/mol.